The zero-order valence-corrected chi connectivity index (χ0v) is 14.5. The lowest BCUT2D eigenvalue weighted by Crippen LogP contribution is -2.28. The van der Waals surface area contributed by atoms with Crippen LogP contribution in [0.3, 0.4) is 0 Å². The van der Waals surface area contributed by atoms with Gasteiger partial charge in [0.1, 0.15) is 29.6 Å². The Kier molecular flexibility index (Phi) is 3.70. The molecule has 7 nitrogen and oxygen atoms in total. The van der Waals surface area contributed by atoms with E-state index in [1.165, 1.54) is 18.3 Å². The molecule has 8 heteroatoms. The monoisotopic (exact) mass is 367 g/mol. The van der Waals surface area contributed by atoms with Gasteiger partial charge in [-0.3, -0.25) is 4.79 Å². The van der Waals surface area contributed by atoms with Gasteiger partial charge in [-0.05, 0) is 43.0 Å². The average Bonchev–Trinajstić information content (AvgIpc) is 3.42. The molecule has 2 bridgehead atoms. The van der Waals surface area contributed by atoms with Gasteiger partial charge in [0.2, 0.25) is 0 Å². The van der Waals surface area contributed by atoms with Crippen molar-refractivity contribution in [3.63, 3.8) is 0 Å². The van der Waals surface area contributed by atoms with E-state index in [4.69, 9.17) is 4.74 Å². The molecule has 27 heavy (non-hydrogen) atoms. The maximum atomic E-state index is 14.0. The van der Waals surface area contributed by atoms with E-state index >= 15 is 0 Å². The maximum absolute atomic E-state index is 14.0. The lowest BCUT2D eigenvalue weighted by Gasteiger charge is -2.22. The van der Waals surface area contributed by atoms with E-state index in [0.717, 1.165) is 18.4 Å². The summed E-state index contributed by atoms with van der Waals surface area (Å²) in [4.78, 5) is 17.0. The Labute approximate surface area is 154 Å². The molecule has 138 valence electrons. The number of nitrogens with one attached hydrogen (secondary N) is 2. The standard InChI is InChI=1S/C19H18FN5O2/c20-12-3-4-15-13(9-12)17(11-1-2-11)23-16-5-7-25-18(24-16)14(10-22-25)19(26)21-6-8-27-15/h3-5,7,9-11,17H,1-2,6,8H2,(H,21,26)(H,23,24). The van der Waals surface area contributed by atoms with Crippen molar-refractivity contribution in [2.24, 2.45) is 5.92 Å². The number of hydrogen-bond donors (Lipinski definition) is 2. The quantitative estimate of drug-likeness (QED) is 0.691. The van der Waals surface area contributed by atoms with E-state index in [0.29, 0.717) is 35.2 Å². The number of amides is 1. The molecule has 2 N–H and O–H groups in total. The van der Waals surface area contributed by atoms with E-state index < -0.39 is 0 Å². The maximum Gasteiger partial charge on any atom is 0.256 e. The first-order valence-electron chi connectivity index (χ1n) is 9.00. The summed E-state index contributed by atoms with van der Waals surface area (Å²) in [6.07, 6.45) is 5.39. The van der Waals surface area contributed by atoms with Crippen LogP contribution in [0.25, 0.3) is 5.65 Å². The zero-order chi connectivity index (χ0) is 18.4. The van der Waals surface area contributed by atoms with Gasteiger partial charge in [-0.15, -0.1) is 0 Å². The van der Waals surface area contributed by atoms with Crippen LogP contribution in [0.5, 0.6) is 5.75 Å². The summed E-state index contributed by atoms with van der Waals surface area (Å²) in [6.45, 7) is 0.616. The molecule has 1 saturated carbocycles. The van der Waals surface area contributed by atoms with Crippen molar-refractivity contribution < 1.29 is 13.9 Å². The Hall–Kier alpha value is -3.16. The molecule has 1 aliphatic carbocycles. The lowest BCUT2D eigenvalue weighted by molar-refractivity contribution is 0.0948. The van der Waals surface area contributed by atoms with E-state index in [1.807, 2.05) is 0 Å². The molecular formula is C19H18FN5O2. The van der Waals surface area contributed by atoms with Gasteiger partial charge in [0.05, 0.1) is 18.8 Å². The highest BCUT2D eigenvalue weighted by Gasteiger charge is 2.35. The molecule has 1 aliphatic heterocycles. The van der Waals surface area contributed by atoms with Crippen molar-refractivity contribution in [2.45, 2.75) is 18.9 Å². The SMILES string of the molecule is O=C1NCCOc2ccc(F)cc2C(C2CC2)Nc2ccn3ncc1c3n2. The molecule has 1 amide bonds. The van der Waals surface area contributed by atoms with Crippen LogP contribution in [-0.2, 0) is 0 Å². The van der Waals surface area contributed by atoms with Crippen LogP contribution in [0.1, 0.15) is 34.8 Å². The number of carbonyl (C=O) groups is 1. The summed E-state index contributed by atoms with van der Waals surface area (Å²) in [7, 11) is 0. The Morgan fingerprint density at radius 1 is 1.26 bits per heavy atom. The van der Waals surface area contributed by atoms with Crippen molar-refractivity contribution in [1.82, 2.24) is 19.9 Å². The van der Waals surface area contributed by atoms with Crippen molar-refractivity contribution in [1.29, 1.82) is 0 Å². The number of aromatic nitrogens is 3. The first kappa shape index (κ1) is 16.0. The summed E-state index contributed by atoms with van der Waals surface area (Å²) in [5.41, 5.74) is 1.66. The van der Waals surface area contributed by atoms with Gasteiger partial charge in [-0.1, -0.05) is 0 Å². The summed E-state index contributed by atoms with van der Waals surface area (Å²) < 4.78 is 21.4. The molecule has 0 radical (unpaired) electrons. The highest BCUT2D eigenvalue weighted by Crippen LogP contribution is 2.45. The molecule has 1 aromatic carbocycles. The molecule has 1 atom stereocenters. The molecule has 3 heterocycles. The van der Waals surface area contributed by atoms with Crippen molar-refractivity contribution in [3.8, 4) is 5.75 Å². The van der Waals surface area contributed by atoms with Gasteiger partial charge in [0, 0.05) is 11.8 Å². The second kappa shape index (κ2) is 6.22. The Morgan fingerprint density at radius 2 is 2.15 bits per heavy atom. The van der Waals surface area contributed by atoms with Crippen molar-refractivity contribution >= 4 is 17.4 Å². The van der Waals surface area contributed by atoms with Crippen LogP contribution >= 0.6 is 0 Å². The van der Waals surface area contributed by atoms with E-state index in [2.05, 4.69) is 20.7 Å². The third-order valence-corrected chi connectivity index (χ3v) is 4.96. The summed E-state index contributed by atoms with van der Waals surface area (Å²) >= 11 is 0. The Morgan fingerprint density at radius 3 is 3.00 bits per heavy atom. The summed E-state index contributed by atoms with van der Waals surface area (Å²) in [6, 6.07) is 6.25. The van der Waals surface area contributed by atoms with Crippen LogP contribution in [0, 0.1) is 11.7 Å². The number of nitrogens with zero attached hydrogens (tertiary/aromatic N) is 3. The fourth-order valence-corrected chi connectivity index (χ4v) is 3.46. The topological polar surface area (TPSA) is 80.5 Å². The van der Waals surface area contributed by atoms with Gasteiger partial charge in [-0.2, -0.15) is 5.10 Å². The molecule has 0 spiro atoms. The van der Waals surface area contributed by atoms with Crippen LogP contribution in [0.4, 0.5) is 10.2 Å². The first-order chi connectivity index (χ1) is 13.2. The number of halogens is 1. The smallest absolute Gasteiger partial charge is 0.256 e. The predicted octanol–water partition coefficient (Wildman–Crippen LogP) is 2.55. The van der Waals surface area contributed by atoms with Gasteiger partial charge in [0.25, 0.3) is 5.91 Å². The average molecular weight is 367 g/mol. The third kappa shape index (κ3) is 2.97. The second-order valence-electron chi connectivity index (χ2n) is 6.89. The first-order valence-corrected chi connectivity index (χ1v) is 9.00. The molecule has 1 unspecified atom stereocenters. The number of rotatable bonds is 1. The van der Waals surface area contributed by atoms with Gasteiger partial charge in [-0.25, -0.2) is 13.9 Å². The fourth-order valence-electron chi connectivity index (χ4n) is 3.46. The molecule has 2 aliphatic rings. The molecule has 0 saturated heterocycles. The van der Waals surface area contributed by atoms with Crippen LogP contribution in [-0.4, -0.2) is 33.7 Å². The highest BCUT2D eigenvalue weighted by molar-refractivity contribution is 5.99. The van der Waals surface area contributed by atoms with Gasteiger partial charge in [0.15, 0.2) is 5.65 Å². The number of benzene rings is 1. The Balaban J connectivity index is 1.63. The predicted molar refractivity (Wildman–Crippen MR) is 96.3 cm³/mol. The zero-order valence-electron chi connectivity index (χ0n) is 14.5. The number of anilines is 1. The van der Waals surface area contributed by atoms with Crippen LogP contribution < -0.4 is 15.4 Å². The second-order valence-corrected chi connectivity index (χ2v) is 6.89. The van der Waals surface area contributed by atoms with Crippen LogP contribution in [0.15, 0.2) is 36.7 Å². The van der Waals surface area contributed by atoms with Gasteiger partial charge < -0.3 is 15.4 Å². The lowest BCUT2D eigenvalue weighted by atomic mass is 10.0. The minimum Gasteiger partial charge on any atom is -0.491 e. The van der Waals surface area contributed by atoms with E-state index in [9.17, 15) is 9.18 Å². The largest absolute Gasteiger partial charge is 0.491 e. The molecule has 5 rings (SSSR count). The fraction of sp³-hybridized carbons (Fsp3) is 0.316. The molecular weight excluding hydrogens is 349 g/mol. The van der Waals surface area contributed by atoms with Crippen molar-refractivity contribution in [3.05, 3.63) is 53.6 Å². The van der Waals surface area contributed by atoms with E-state index in [1.54, 1.807) is 22.8 Å². The highest BCUT2D eigenvalue weighted by atomic mass is 19.1. The Bertz CT molecular complexity index is 1030. The minimum absolute atomic E-state index is 0.110. The third-order valence-electron chi connectivity index (χ3n) is 4.96. The van der Waals surface area contributed by atoms with Crippen LogP contribution in [0.2, 0.25) is 0 Å². The molecule has 3 aromatic rings. The van der Waals surface area contributed by atoms with E-state index in [-0.39, 0.29) is 24.4 Å². The van der Waals surface area contributed by atoms with Crippen molar-refractivity contribution in [2.75, 3.05) is 18.5 Å². The van der Waals surface area contributed by atoms with Gasteiger partial charge >= 0.3 is 0 Å². The number of fused-ring (bicyclic) bond motifs is 2. The molecule has 1 fully saturated rings. The number of hydrogen-bond acceptors (Lipinski definition) is 5. The molecule has 2 aromatic heterocycles. The number of ether oxygens (including phenoxy) is 1. The normalized spacial score (nSPS) is 19.9. The summed E-state index contributed by atoms with van der Waals surface area (Å²) in [5.74, 6) is 1.07. The summed E-state index contributed by atoms with van der Waals surface area (Å²) in [5, 5.41) is 10.4. The number of carbonyl (C=O) groups excluding carboxylic acids is 1. The minimum atomic E-state index is -0.302.